The Morgan fingerprint density at radius 2 is 0.750 bits per heavy atom. The van der Waals surface area contributed by atoms with Crippen LogP contribution < -0.4 is 0 Å². The van der Waals surface area contributed by atoms with Crippen molar-refractivity contribution < 1.29 is 20.8 Å². The molecule has 4 heteroatoms. The van der Waals surface area contributed by atoms with Crippen molar-refractivity contribution in [2.45, 2.75) is 155 Å². The molecule has 68 heavy (non-hydrogen) atoms. The second kappa shape index (κ2) is 26.8. The first-order valence-corrected chi connectivity index (χ1v) is 34.6. The third-order valence-electron chi connectivity index (χ3n) is 15.3. The Kier molecular flexibility index (Phi) is 20.7. The molecule has 0 saturated heterocycles. The fourth-order valence-electron chi connectivity index (χ4n) is 12.5. The van der Waals surface area contributed by atoms with Crippen LogP contribution in [0.15, 0.2) is 146 Å². The minimum absolute atomic E-state index is 0.513. The topological polar surface area (TPSA) is 0 Å². The zero-order valence-corrected chi connectivity index (χ0v) is 46.7. The molecule has 10 rings (SSSR count). The van der Waals surface area contributed by atoms with E-state index in [0.29, 0.717) is 10.8 Å². The SMILES string of the molecule is CCCC1(Cc2cc3c(-c4cccc5ccccc45)cccc3[cH-]2)CCCCCCC1.CCCC1(Cc2cc3c(-c4cccc5ccccc45)cccc3[cH-]2)CCCCCCC1.C[Si]C.[Cl][Zr+2][Cl]. The fourth-order valence-corrected chi connectivity index (χ4v) is 12.5. The van der Waals surface area contributed by atoms with Crippen molar-refractivity contribution >= 4 is 69.6 Å². The number of rotatable bonds is 10. The van der Waals surface area contributed by atoms with Crippen LogP contribution in [-0.4, -0.2) is 9.52 Å². The normalized spacial score (nSPS) is 15.9. The Balaban J connectivity index is 0.000000181. The van der Waals surface area contributed by atoms with E-state index in [1.165, 1.54) is 194 Å². The molecule has 0 unspecified atom stereocenters. The molecule has 0 amide bonds. The number of fused-ring (bicyclic) bond motifs is 4. The molecule has 0 N–H and O–H groups in total. The molecule has 8 aromatic carbocycles. The van der Waals surface area contributed by atoms with Gasteiger partial charge in [-0.2, -0.15) is 12.1 Å². The first-order chi connectivity index (χ1) is 33.4. The van der Waals surface area contributed by atoms with Gasteiger partial charge in [-0.05, 0) is 94.9 Å². The van der Waals surface area contributed by atoms with Crippen LogP contribution in [0.4, 0.5) is 0 Å². The number of halogens is 2. The molecule has 0 aliphatic heterocycles. The first kappa shape index (κ1) is 52.6. The van der Waals surface area contributed by atoms with Gasteiger partial charge >= 0.3 is 37.9 Å². The van der Waals surface area contributed by atoms with Gasteiger partial charge in [0.1, 0.15) is 0 Å². The molecular formula is C64H76Cl2SiZr. The van der Waals surface area contributed by atoms with E-state index < -0.39 is 20.8 Å². The van der Waals surface area contributed by atoms with Crippen molar-refractivity contribution in [3.8, 4) is 22.3 Å². The number of benzene rings is 6. The van der Waals surface area contributed by atoms with E-state index in [-0.39, 0.29) is 0 Å². The van der Waals surface area contributed by atoms with E-state index in [4.69, 9.17) is 17.0 Å². The molecule has 2 fully saturated rings. The van der Waals surface area contributed by atoms with E-state index in [9.17, 15) is 0 Å². The van der Waals surface area contributed by atoms with Gasteiger partial charge in [0, 0.05) is 9.52 Å². The summed E-state index contributed by atoms with van der Waals surface area (Å²) in [6, 6.07) is 54.7. The van der Waals surface area contributed by atoms with Gasteiger partial charge in [-0.15, -0.1) is 69.1 Å². The zero-order valence-electron chi connectivity index (χ0n) is 41.8. The quantitative estimate of drug-likeness (QED) is 0.0946. The van der Waals surface area contributed by atoms with Crippen molar-refractivity contribution in [2.24, 2.45) is 10.8 Å². The molecule has 8 aromatic rings. The molecule has 0 bridgehead atoms. The van der Waals surface area contributed by atoms with Gasteiger partial charge in [0.15, 0.2) is 0 Å². The average Bonchev–Trinajstić information content (AvgIpc) is 3.95. The Morgan fingerprint density at radius 3 is 1.12 bits per heavy atom. The van der Waals surface area contributed by atoms with Crippen molar-refractivity contribution in [1.82, 2.24) is 0 Å². The van der Waals surface area contributed by atoms with Crippen LogP contribution in [0.5, 0.6) is 0 Å². The van der Waals surface area contributed by atoms with Gasteiger partial charge in [0.2, 0.25) is 0 Å². The Hall–Kier alpha value is -3.26. The summed E-state index contributed by atoms with van der Waals surface area (Å²) < 4.78 is 0. The van der Waals surface area contributed by atoms with Crippen LogP contribution in [0.3, 0.4) is 0 Å². The van der Waals surface area contributed by atoms with Crippen LogP contribution in [0, 0.1) is 10.8 Å². The zero-order chi connectivity index (χ0) is 47.6. The number of hydrogen-bond donors (Lipinski definition) is 0. The van der Waals surface area contributed by atoms with E-state index in [1.807, 2.05) is 0 Å². The summed E-state index contributed by atoms with van der Waals surface area (Å²) in [4.78, 5) is 0. The summed E-state index contributed by atoms with van der Waals surface area (Å²) in [5.74, 6) is 0. The summed E-state index contributed by atoms with van der Waals surface area (Å²) in [6.07, 6.45) is 27.8. The number of hydrogen-bond acceptors (Lipinski definition) is 0. The van der Waals surface area contributed by atoms with Crippen LogP contribution in [0.1, 0.15) is 141 Å². The van der Waals surface area contributed by atoms with Crippen molar-refractivity contribution in [2.75, 3.05) is 0 Å². The van der Waals surface area contributed by atoms with E-state index >= 15 is 0 Å². The third kappa shape index (κ3) is 13.6. The molecule has 354 valence electrons. The summed E-state index contributed by atoms with van der Waals surface area (Å²) in [6.45, 7) is 9.06. The predicted molar refractivity (Wildman–Crippen MR) is 301 cm³/mol. The van der Waals surface area contributed by atoms with Gasteiger partial charge in [-0.3, -0.25) is 0 Å². The molecule has 2 aliphatic carbocycles. The van der Waals surface area contributed by atoms with E-state index in [2.05, 4.69) is 173 Å². The van der Waals surface area contributed by atoms with Crippen molar-refractivity contribution in [1.29, 1.82) is 0 Å². The Bertz CT molecular complexity index is 2540. The Labute approximate surface area is 432 Å². The van der Waals surface area contributed by atoms with Crippen LogP contribution in [-0.2, 0) is 33.7 Å². The van der Waals surface area contributed by atoms with E-state index in [1.54, 1.807) is 11.1 Å². The summed E-state index contributed by atoms with van der Waals surface area (Å²) in [5, 5.41) is 11.0. The molecule has 0 heterocycles. The molecule has 0 aromatic heterocycles. The van der Waals surface area contributed by atoms with Crippen LogP contribution >= 0.6 is 17.0 Å². The summed E-state index contributed by atoms with van der Waals surface area (Å²) >= 11 is -0.826. The van der Waals surface area contributed by atoms with Crippen molar-refractivity contribution in [3.05, 3.63) is 157 Å². The maximum atomic E-state index is 4.93. The van der Waals surface area contributed by atoms with Crippen LogP contribution in [0.2, 0.25) is 13.1 Å². The van der Waals surface area contributed by atoms with Gasteiger partial charge in [0.25, 0.3) is 0 Å². The first-order valence-electron chi connectivity index (χ1n) is 26.3. The summed E-state index contributed by atoms with van der Waals surface area (Å²) in [7, 11) is 11.0. The summed E-state index contributed by atoms with van der Waals surface area (Å²) in [5.41, 5.74) is 9.60. The molecule has 2 saturated carbocycles. The third-order valence-corrected chi connectivity index (χ3v) is 15.3. The maximum absolute atomic E-state index is 4.93. The van der Waals surface area contributed by atoms with Gasteiger partial charge in [0.05, 0.1) is 0 Å². The molecule has 2 aliphatic rings. The van der Waals surface area contributed by atoms with Crippen molar-refractivity contribution in [3.63, 3.8) is 0 Å². The van der Waals surface area contributed by atoms with E-state index in [0.717, 1.165) is 9.52 Å². The molecule has 0 nitrogen and oxygen atoms in total. The standard InChI is InChI=1S/2C31H35.C2H6Si.2ClH.Zr/c2*1-2-18-31(19-8-4-3-5-9-20-31)23-24-21-26-14-11-17-29(30(26)22-24)28-16-10-13-25-12-6-7-15-27(25)28;1-3-2;;;/h2*6-7,10-17,21-22H,2-5,8-9,18-20,23H2,1H3;1-2H3;2*1H;/q2*-1;;;;+4/p-2. The van der Waals surface area contributed by atoms with Gasteiger partial charge in [-0.1, -0.05) is 212 Å². The Morgan fingerprint density at radius 1 is 0.441 bits per heavy atom. The van der Waals surface area contributed by atoms with Gasteiger partial charge < -0.3 is 0 Å². The monoisotopic (exact) mass is 1030 g/mol. The van der Waals surface area contributed by atoms with Crippen LogP contribution in [0.25, 0.3) is 65.3 Å². The average molecular weight is 1040 g/mol. The fraction of sp³-hybridized carbons (Fsp3) is 0.406. The molecule has 0 atom stereocenters. The van der Waals surface area contributed by atoms with Gasteiger partial charge in [-0.25, -0.2) is 0 Å². The predicted octanol–water partition coefficient (Wildman–Crippen LogP) is 21.1. The second-order valence-corrected chi connectivity index (χ2v) is 25.1. The second-order valence-electron chi connectivity index (χ2n) is 20.4. The molecule has 0 spiro atoms. The molecule has 2 radical (unpaired) electrons. The minimum atomic E-state index is -0.826. The molecular weight excluding hydrogens is 959 g/mol.